The lowest BCUT2D eigenvalue weighted by atomic mass is 10.2. The number of carbonyl (C=O) groups excluding carboxylic acids is 1. The van der Waals surface area contributed by atoms with E-state index < -0.39 is 4.92 Å². The van der Waals surface area contributed by atoms with Gasteiger partial charge < -0.3 is 0 Å². The normalized spacial score (nSPS) is 9.64. The topological polar surface area (TPSA) is 60.2 Å². The number of hydrogen-bond acceptors (Lipinski definition) is 5. The third kappa shape index (κ3) is 3.71. The number of ketones is 1. The monoisotopic (exact) mass is 235 g/mol. The first kappa shape index (κ1) is 13.5. The molecule has 0 aromatic carbocycles. The van der Waals surface area contributed by atoms with Gasteiger partial charge in [0.1, 0.15) is 4.24 Å². The van der Waals surface area contributed by atoms with Crippen molar-refractivity contribution in [1.29, 1.82) is 0 Å². The van der Waals surface area contributed by atoms with Gasteiger partial charge in [-0.15, -0.1) is 23.5 Å². The Kier molecular flexibility index (Phi) is 6.65. The van der Waals surface area contributed by atoms with Gasteiger partial charge in [0, 0.05) is 6.42 Å². The standard InChI is InChI=1S/C8H13NO3S2/c1-4-5-6(10)7(9(11)12)8(13-2)14-3/h4-5H2,1-3H3. The number of rotatable bonds is 6. The van der Waals surface area contributed by atoms with Crippen LogP contribution in [0, 0.1) is 10.1 Å². The summed E-state index contributed by atoms with van der Waals surface area (Å²) in [7, 11) is 0. The first-order valence-corrected chi connectivity index (χ1v) is 6.53. The SMILES string of the molecule is CCCC(=O)C(=C(SC)SC)[N+](=O)[O-]. The van der Waals surface area contributed by atoms with Crippen molar-refractivity contribution in [2.24, 2.45) is 0 Å². The lowest BCUT2D eigenvalue weighted by Crippen LogP contribution is -2.12. The fourth-order valence-corrected chi connectivity index (χ4v) is 2.34. The van der Waals surface area contributed by atoms with Crippen molar-refractivity contribution in [3.05, 3.63) is 20.0 Å². The van der Waals surface area contributed by atoms with Crippen molar-refractivity contribution in [1.82, 2.24) is 0 Å². The summed E-state index contributed by atoms with van der Waals surface area (Å²) in [6.07, 6.45) is 4.33. The molecule has 0 saturated carbocycles. The Morgan fingerprint density at radius 1 is 1.36 bits per heavy atom. The molecule has 0 atom stereocenters. The van der Waals surface area contributed by atoms with Crippen LogP contribution in [0.5, 0.6) is 0 Å². The summed E-state index contributed by atoms with van der Waals surface area (Å²) in [4.78, 5) is 21.5. The van der Waals surface area contributed by atoms with Crippen LogP contribution in [0.25, 0.3) is 0 Å². The van der Waals surface area contributed by atoms with E-state index in [1.807, 2.05) is 6.92 Å². The van der Waals surface area contributed by atoms with E-state index in [0.717, 1.165) is 0 Å². The van der Waals surface area contributed by atoms with Crippen LogP contribution >= 0.6 is 23.5 Å². The van der Waals surface area contributed by atoms with Gasteiger partial charge in [-0.3, -0.25) is 14.9 Å². The van der Waals surface area contributed by atoms with Gasteiger partial charge in [-0.1, -0.05) is 6.92 Å². The summed E-state index contributed by atoms with van der Waals surface area (Å²) < 4.78 is 0.480. The second kappa shape index (κ2) is 6.89. The summed E-state index contributed by atoms with van der Waals surface area (Å²) in [5, 5.41) is 10.7. The average molecular weight is 235 g/mol. The summed E-state index contributed by atoms with van der Waals surface area (Å²) in [5.74, 6) is -0.379. The van der Waals surface area contributed by atoms with Crippen molar-refractivity contribution < 1.29 is 9.72 Å². The largest absolute Gasteiger partial charge is 0.331 e. The Morgan fingerprint density at radius 3 is 2.14 bits per heavy atom. The predicted molar refractivity (Wildman–Crippen MR) is 61.0 cm³/mol. The molecule has 80 valence electrons. The maximum Gasteiger partial charge on any atom is 0.331 e. The predicted octanol–water partition coefficient (Wildman–Crippen LogP) is 2.53. The van der Waals surface area contributed by atoms with Gasteiger partial charge in [0.25, 0.3) is 0 Å². The molecule has 0 rings (SSSR count). The van der Waals surface area contributed by atoms with E-state index in [2.05, 4.69) is 0 Å². The van der Waals surface area contributed by atoms with Crippen molar-refractivity contribution in [2.75, 3.05) is 12.5 Å². The van der Waals surface area contributed by atoms with Gasteiger partial charge in [-0.05, 0) is 18.9 Å². The van der Waals surface area contributed by atoms with Gasteiger partial charge in [-0.25, -0.2) is 0 Å². The zero-order valence-corrected chi connectivity index (χ0v) is 10.0. The molecule has 0 heterocycles. The minimum atomic E-state index is -0.583. The molecule has 4 nitrogen and oxygen atoms in total. The van der Waals surface area contributed by atoms with E-state index in [4.69, 9.17) is 0 Å². The van der Waals surface area contributed by atoms with E-state index in [-0.39, 0.29) is 17.9 Å². The second-order valence-corrected chi connectivity index (χ2v) is 4.37. The van der Waals surface area contributed by atoms with Crippen LogP contribution in [0.2, 0.25) is 0 Å². The lowest BCUT2D eigenvalue weighted by Gasteiger charge is -2.01. The highest BCUT2D eigenvalue weighted by molar-refractivity contribution is 8.21. The minimum absolute atomic E-state index is 0.237. The van der Waals surface area contributed by atoms with Gasteiger partial charge in [0.15, 0.2) is 0 Å². The number of nitrogens with zero attached hydrogens (tertiary/aromatic N) is 1. The molecular weight excluding hydrogens is 222 g/mol. The molecule has 14 heavy (non-hydrogen) atoms. The van der Waals surface area contributed by atoms with Crippen LogP contribution in [0.3, 0.4) is 0 Å². The van der Waals surface area contributed by atoms with Gasteiger partial charge in [-0.2, -0.15) is 0 Å². The van der Waals surface area contributed by atoms with Gasteiger partial charge in [0.05, 0.1) is 4.92 Å². The van der Waals surface area contributed by atoms with Gasteiger partial charge >= 0.3 is 5.70 Å². The van der Waals surface area contributed by atoms with Crippen molar-refractivity contribution in [3.8, 4) is 0 Å². The van der Waals surface area contributed by atoms with Crippen LogP contribution in [0.15, 0.2) is 9.93 Å². The lowest BCUT2D eigenvalue weighted by molar-refractivity contribution is -0.418. The van der Waals surface area contributed by atoms with Crippen LogP contribution in [0.4, 0.5) is 0 Å². The van der Waals surface area contributed by atoms with Gasteiger partial charge in [0.2, 0.25) is 5.78 Å². The number of thioether (sulfide) groups is 2. The molecule has 0 bridgehead atoms. The third-order valence-electron chi connectivity index (χ3n) is 1.49. The van der Waals surface area contributed by atoms with E-state index >= 15 is 0 Å². The summed E-state index contributed by atoms with van der Waals surface area (Å²) >= 11 is 2.48. The Labute approximate surface area is 91.7 Å². The molecule has 0 unspecified atom stereocenters. The summed E-state index contributed by atoms with van der Waals surface area (Å²) in [6, 6.07) is 0. The van der Waals surface area contributed by atoms with E-state index in [9.17, 15) is 14.9 Å². The number of Topliss-reactive ketones (excluding diaryl/α,β-unsaturated/α-hetero) is 1. The fraction of sp³-hybridized carbons (Fsp3) is 0.625. The van der Waals surface area contributed by atoms with Crippen molar-refractivity contribution in [2.45, 2.75) is 19.8 Å². The highest BCUT2D eigenvalue weighted by Crippen LogP contribution is 2.28. The Morgan fingerprint density at radius 2 is 1.86 bits per heavy atom. The highest BCUT2D eigenvalue weighted by Gasteiger charge is 2.25. The Bertz CT molecular complexity index is 257. The van der Waals surface area contributed by atoms with E-state index in [1.54, 1.807) is 12.5 Å². The Hall–Kier alpha value is -0.490. The van der Waals surface area contributed by atoms with Crippen molar-refractivity contribution >= 4 is 29.3 Å². The molecule has 0 aliphatic heterocycles. The molecule has 0 spiro atoms. The first-order valence-electron chi connectivity index (χ1n) is 4.08. The van der Waals surface area contributed by atoms with E-state index in [1.165, 1.54) is 23.5 Å². The number of allylic oxidation sites excluding steroid dienone is 1. The van der Waals surface area contributed by atoms with Crippen LogP contribution in [-0.4, -0.2) is 23.2 Å². The van der Waals surface area contributed by atoms with E-state index in [0.29, 0.717) is 10.7 Å². The summed E-state index contributed by atoms with van der Waals surface area (Å²) in [6.45, 7) is 1.83. The molecule has 0 radical (unpaired) electrons. The molecule has 6 heteroatoms. The zero-order chi connectivity index (χ0) is 11.1. The molecule has 0 N–H and O–H groups in total. The third-order valence-corrected chi connectivity index (χ3v) is 3.62. The molecule has 0 saturated heterocycles. The Balaban J connectivity index is 5.01. The smallest absolute Gasteiger partial charge is 0.287 e. The maximum atomic E-state index is 11.4. The highest BCUT2D eigenvalue weighted by atomic mass is 32.2. The van der Waals surface area contributed by atoms with Crippen LogP contribution in [-0.2, 0) is 4.79 Å². The fourth-order valence-electron chi connectivity index (χ4n) is 0.912. The maximum absolute atomic E-state index is 11.4. The zero-order valence-electron chi connectivity index (χ0n) is 8.40. The second-order valence-electron chi connectivity index (χ2n) is 2.47. The quantitative estimate of drug-likeness (QED) is 0.402. The molecule has 0 aromatic rings. The molecule has 0 fully saturated rings. The first-order chi connectivity index (χ1) is 6.58. The molecule has 0 amide bonds. The summed E-state index contributed by atoms with van der Waals surface area (Å²) in [5.41, 5.74) is -0.258. The van der Waals surface area contributed by atoms with Crippen LogP contribution < -0.4 is 0 Å². The van der Waals surface area contributed by atoms with Crippen molar-refractivity contribution in [3.63, 3.8) is 0 Å². The molecule has 0 aliphatic rings. The molecule has 0 aromatic heterocycles. The molecular formula is C8H13NO3S2. The minimum Gasteiger partial charge on any atom is -0.287 e. The number of hydrogen-bond donors (Lipinski definition) is 0. The number of nitro groups is 1. The number of carbonyl (C=O) groups is 1. The molecule has 0 aliphatic carbocycles. The van der Waals surface area contributed by atoms with Crippen LogP contribution in [0.1, 0.15) is 19.8 Å². The average Bonchev–Trinajstić information content (AvgIpc) is 2.13.